The smallest absolute Gasteiger partial charge is 0.222 e. The summed E-state index contributed by atoms with van der Waals surface area (Å²) in [7, 11) is 0. The second-order valence-electron chi connectivity index (χ2n) is 3.19. The Labute approximate surface area is 89.2 Å². The number of rotatable bonds is 3. The highest BCUT2D eigenvalue weighted by atomic mass is 16.1. The Hall–Kier alpha value is -1.68. The van der Waals surface area contributed by atoms with Crippen molar-refractivity contribution in [3.05, 3.63) is 29.5 Å². The minimum atomic E-state index is -0.118. The zero-order valence-corrected chi connectivity index (χ0v) is 8.95. The molecule has 0 bridgehead atoms. The van der Waals surface area contributed by atoms with Gasteiger partial charge >= 0.3 is 0 Å². The van der Waals surface area contributed by atoms with E-state index < -0.39 is 0 Å². The van der Waals surface area contributed by atoms with Crippen LogP contribution in [0.15, 0.2) is 18.2 Å². The van der Waals surface area contributed by atoms with Gasteiger partial charge in [-0.3, -0.25) is 4.79 Å². The Bertz CT molecular complexity index is 385. The Morgan fingerprint density at radius 3 is 2.87 bits per heavy atom. The van der Waals surface area contributed by atoms with Crippen LogP contribution in [0.4, 0.5) is 5.82 Å². The molecule has 4 heteroatoms. The first-order valence-electron chi connectivity index (χ1n) is 4.75. The Morgan fingerprint density at radius 2 is 2.33 bits per heavy atom. The first-order valence-corrected chi connectivity index (χ1v) is 4.75. The van der Waals surface area contributed by atoms with E-state index in [0.29, 0.717) is 12.4 Å². The third kappa shape index (κ3) is 3.52. The Balaban J connectivity index is 2.87. The van der Waals surface area contributed by atoms with Crippen LogP contribution in [0.1, 0.15) is 18.2 Å². The average molecular weight is 205 g/mol. The van der Waals surface area contributed by atoms with Gasteiger partial charge in [0.05, 0.1) is 0 Å². The predicted molar refractivity (Wildman–Crippen MR) is 61.4 cm³/mol. The molecular formula is C11H15N3O. The quantitative estimate of drug-likeness (QED) is 0.782. The van der Waals surface area contributed by atoms with E-state index in [2.05, 4.69) is 10.3 Å². The molecule has 0 aliphatic carbocycles. The molecule has 1 amide bonds. The summed E-state index contributed by atoms with van der Waals surface area (Å²) in [5.41, 5.74) is 7.23. The number of aryl methyl sites for hydroxylation is 1. The lowest BCUT2D eigenvalue weighted by molar-refractivity contribution is -0.114. The van der Waals surface area contributed by atoms with Gasteiger partial charge in [-0.2, -0.15) is 0 Å². The second-order valence-corrected chi connectivity index (χ2v) is 3.19. The molecule has 3 N–H and O–H groups in total. The molecule has 0 atom stereocenters. The molecule has 80 valence electrons. The van der Waals surface area contributed by atoms with Gasteiger partial charge in [0.2, 0.25) is 5.91 Å². The first-order chi connectivity index (χ1) is 7.13. The topological polar surface area (TPSA) is 68.0 Å². The van der Waals surface area contributed by atoms with Gasteiger partial charge in [0, 0.05) is 19.2 Å². The number of amides is 1. The number of nitrogens with two attached hydrogens (primary N) is 1. The molecule has 0 saturated carbocycles. The van der Waals surface area contributed by atoms with Gasteiger partial charge in [-0.25, -0.2) is 4.98 Å². The number of aromatic nitrogens is 1. The monoisotopic (exact) mass is 205 g/mol. The maximum absolute atomic E-state index is 10.8. The Morgan fingerprint density at radius 1 is 1.60 bits per heavy atom. The van der Waals surface area contributed by atoms with Crippen LogP contribution in [0.25, 0.3) is 6.08 Å². The standard InChI is InChI=1S/C11H15N3O/c1-8-10(4-3-7-12)5-6-11(13-8)14-9(2)15/h3-6H,7,12H2,1-2H3,(H,13,14,15). The molecule has 0 aliphatic rings. The van der Waals surface area contributed by atoms with E-state index in [4.69, 9.17) is 5.73 Å². The van der Waals surface area contributed by atoms with E-state index in [1.807, 2.05) is 25.1 Å². The lowest BCUT2D eigenvalue weighted by Gasteiger charge is -2.04. The van der Waals surface area contributed by atoms with Gasteiger partial charge in [0.15, 0.2) is 0 Å². The van der Waals surface area contributed by atoms with E-state index in [1.54, 1.807) is 6.07 Å². The molecular weight excluding hydrogens is 190 g/mol. The van der Waals surface area contributed by atoms with Crippen LogP contribution < -0.4 is 11.1 Å². The van der Waals surface area contributed by atoms with Gasteiger partial charge in [0.25, 0.3) is 0 Å². The molecule has 1 heterocycles. The van der Waals surface area contributed by atoms with Gasteiger partial charge in [-0.1, -0.05) is 12.2 Å². The highest BCUT2D eigenvalue weighted by Crippen LogP contribution is 2.11. The number of carbonyl (C=O) groups is 1. The molecule has 0 spiro atoms. The zero-order chi connectivity index (χ0) is 11.3. The molecule has 0 aromatic carbocycles. The summed E-state index contributed by atoms with van der Waals surface area (Å²) in [6, 6.07) is 3.67. The number of hydrogen-bond donors (Lipinski definition) is 2. The van der Waals surface area contributed by atoms with Crippen molar-refractivity contribution in [1.82, 2.24) is 4.98 Å². The normalized spacial score (nSPS) is 10.6. The lowest BCUT2D eigenvalue weighted by Crippen LogP contribution is -2.08. The fourth-order valence-corrected chi connectivity index (χ4v) is 1.19. The second kappa shape index (κ2) is 5.26. The summed E-state index contributed by atoms with van der Waals surface area (Å²) >= 11 is 0. The molecule has 0 fully saturated rings. The summed E-state index contributed by atoms with van der Waals surface area (Å²) in [5.74, 6) is 0.456. The van der Waals surface area contributed by atoms with Crippen LogP contribution in [0.5, 0.6) is 0 Å². The van der Waals surface area contributed by atoms with Crippen LogP contribution >= 0.6 is 0 Å². The summed E-state index contributed by atoms with van der Waals surface area (Å²) in [6.45, 7) is 3.85. The van der Waals surface area contributed by atoms with Crippen molar-refractivity contribution in [2.45, 2.75) is 13.8 Å². The highest BCUT2D eigenvalue weighted by Gasteiger charge is 2.00. The molecule has 1 rings (SSSR count). The maximum atomic E-state index is 10.8. The molecule has 0 aliphatic heterocycles. The minimum absolute atomic E-state index is 0.118. The molecule has 1 aromatic rings. The van der Waals surface area contributed by atoms with Crippen molar-refractivity contribution >= 4 is 17.8 Å². The van der Waals surface area contributed by atoms with Crippen LogP contribution in [0.2, 0.25) is 0 Å². The van der Waals surface area contributed by atoms with Gasteiger partial charge in [0.1, 0.15) is 5.82 Å². The molecule has 4 nitrogen and oxygen atoms in total. The predicted octanol–water partition coefficient (Wildman–Crippen LogP) is 1.32. The fourth-order valence-electron chi connectivity index (χ4n) is 1.19. The van der Waals surface area contributed by atoms with Crippen LogP contribution in [0, 0.1) is 6.92 Å². The summed E-state index contributed by atoms with van der Waals surface area (Å²) in [6.07, 6.45) is 3.78. The average Bonchev–Trinajstić information content (AvgIpc) is 2.15. The van der Waals surface area contributed by atoms with E-state index in [1.165, 1.54) is 6.92 Å². The molecule has 0 radical (unpaired) electrons. The van der Waals surface area contributed by atoms with Crippen molar-refractivity contribution < 1.29 is 4.79 Å². The van der Waals surface area contributed by atoms with Crippen molar-refractivity contribution in [3.63, 3.8) is 0 Å². The minimum Gasteiger partial charge on any atom is -0.327 e. The summed E-state index contributed by atoms with van der Waals surface area (Å²) in [4.78, 5) is 15.0. The third-order valence-electron chi connectivity index (χ3n) is 1.86. The number of nitrogens with one attached hydrogen (secondary N) is 1. The number of anilines is 1. The number of nitrogens with zero attached hydrogens (tertiary/aromatic N) is 1. The zero-order valence-electron chi connectivity index (χ0n) is 8.95. The molecule has 15 heavy (non-hydrogen) atoms. The van der Waals surface area contributed by atoms with E-state index in [-0.39, 0.29) is 5.91 Å². The SMILES string of the molecule is CC(=O)Nc1ccc(C=CCN)c(C)n1. The van der Waals surface area contributed by atoms with E-state index >= 15 is 0 Å². The fraction of sp³-hybridized carbons (Fsp3) is 0.273. The first kappa shape index (κ1) is 11.4. The lowest BCUT2D eigenvalue weighted by atomic mass is 10.2. The summed E-state index contributed by atoms with van der Waals surface area (Å²) < 4.78 is 0. The van der Waals surface area contributed by atoms with E-state index in [9.17, 15) is 4.79 Å². The van der Waals surface area contributed by atoms with Crippen molar-refractivity contribution in [1.29, 1.82) is 0 Å². The highest BCUT2D eigenvalue weighted by molar-refractivity contribution is 5.87. The van der Waals surface area contributed by atoms with Crippen molar-refractivity contribution in [2.75, 3.05) is 11.9 Å². The van der Waals surface area contributed by atoms with Crippen molar-refractivity contribution in [2.24, 2.45) is 5.73 Å². The maximum Gasteiger partial charge on any atom is 0.222 e. The Kier molecular flexibility index (Phi) is 4.00. The molecule has 0 unspecified atom stereocenters. The van der Waals surface area contributed by atoms with Crippen LogP contribution in [-0.4, -0.2) is 17.4 Å². The number of pyridine rings is 1. The van der Waals surface area contributed by atoms with Gasteiger partial charge in [-0.15, -0.1) is 0 Å². The number of hydrogen-bond acceptors (Lipinski definition) is 3. The van der Waals surface area contributed by atoms with Crippen molar-refractivity contribution in [3.8, 4) is 0 Å². The third-order valence-corrected chi connectivity index (χ3v) is 1.86. The van der Waals surface area contributed by atoms with Gasteiger partial charge in [-0.05, 0) is 24.6 Å². The van der Waals surface area contributed by atoms with Gasteiger partial charge < -0.3 is 11.1 Å². The van der Waals surface area contributed by atoms with Crippen LogP contribution in [0.3, 0.4) is 0 Å². The molecule has 1 aromatic heterocycles. The largest absolute Gasteiger partial charge is 0.327 e. The molecule has 0 saturated heterocycles. The van der Waals surface area contributed by atoms with E-state index in [0.717, 1.165) is 11.3 Å². The van der Waals surface area contributed by atoms with Crippen LogP contribution in [-0.2, 0) is 4.79 Å². The number of carbonyl (C=O) groups excluding carboxylic acids is 1. The summed E-state index contributed by atoms with van der Waals surface area (Å²) in [5, 5.41) is 2.63.